The van der Waals surface area contributed by atoms with Crippen LogP contribution < -0.4 is 10.6 Å². The fraction of sp³-hybridized carbons (Fsp3) is 0.300. The maximum absolute atomic E-state index is 13.3. The van der Waals surface area contributed by atoms with Crippen LogP contribution in [-0.4, -0.2) is 62.3 Å². The first-order valence-electron chi connectivity index (χ1n) is 13.6. The number of carbonyl (C=O) groups excluding carboxylic acids is 2. The Kier molecular flexibility index (Phi) is 7.67. The van der Waals surface area contributed by atoms with Crippen LogP contribution in [0, 0.1) is 0 Å². The third kappa shape index (κ3) is 5.94. The number of aromatic nitrogens is 4. The SMILES string of the molecule is CC(NC(=O)CN1Cc2ccc(-c3nc(NC4CCOCC4)ncc3Cl)cc2C1=O)c1cccc(-n2cccn2)c1. The molecular formula is C30H30ClN7O3. The predicted molar refractivity (Wildman–Crippen MR) is 155 cm³/mol. The number of benzene rings is 2. The first kappa shape index (κ1) is 26.9. The van der Waals surface area contributed by atoms with Crippen molar-refractivity contribution in [3.8, 4) is 16.9 Å². The van der Waals surface area contributed by atoms with E-state index in [1.54, 1.807) is 28.0 Å². The van der Waals surface area contributed by atoms with E-state index in [0.29, 0.717) is 42.0 Å². The van der Waals surface area contributed by atoms with E-state index in [1.807, 2.05) is 55.6 Å². The first-order valence-corrected chi connectivity index (χ1v) is 14.0. The van der Waals surface area contributed by atoms with Gasteiger partial charge in [-0.3, -0.25) is 9.59 Å². The maximum Gasteiger partial charge on any atom is 0.254 e. The number of rotatable bonds is 8. The minimum absolute atomic E-state index is 0.0422. The minimum atomic E-state index is -0.242. The Bertz CT molecular complexity index is 1570. The van der Waals surface area contributed by atoms with Gasteiger partial charge in [0.15, 0.2) is 0 Å². The van der Waals surface area contributed by atoms with Crippen LogP contribution in [-0.2, 0) is 16.1 Å². The molecular weight excluding hydrogens is 542 g/mol. The van der Waals surface area contributed by atoms with Crippen molar-refractivity contribution in [3.05, 3.63) is 88.8 Å². The molecule has 1 unspecified atom stereocenters. The number of nitrogens with zero attached hydrogens (tertiary/aromatic N) is 5. The summed E-state index contributed by atoms with van der Waals surface area (Å²) in [5, 5.41) is 11.0. The summed E-state index contributed by atoms with van der Waals surface area (Å²) >= 11 is 6.47. The van der Waals surface area contributed by atoms with Gasteiger partial charge in [0.1, 0.15) is 6.54 Å². The van der Waals surface area contributed by atoms with Crippen LogP contribution in [0.3, 0.4) is 0 Å². The Labute approximate surface area is 242 Å². The van der Waals surface area contributed by atoms with Crippen molar-refractivity contribution in [2.45, 2.75) is 38.4 Å². The summed E-state index contributed by atoms with van der Waals surface area (Å²) in [5.74, 6) is 0.0628. The molecule has 10 nitrogen and oxygen atoms in total. The second kappa shape index (κ2) is 11.7. The molecule has 0 bridgehead atoms. The molecule has 2 aliphatic heterocycles. The summed E-state index contributed by atoms with van der Waals surface area (Å²) in [5.41, 5.74) is 4.52. The van der Waals surface area contributed by atoms with Gasteiger partial charge in [0, 0.05) is 49.3 Å². The average Bonchev–Trinajstić information content (AvgIpc) is 3.63. The molecule has 4 aromatic rings. The Morgan fingerprint density at radius 1 is 1.17 bits per heavy atom. The number of fused-ring (bicyclic) bond motifs is 1. The van der Waals surface area contributed by atoms with Gasteiger partial charge in [-0.15, -0.1) is 0 Å². The molecule has 6 rings (SSSR count). The van der Waals surface area contributed by atoms with Crippen LogP contribution in [0.1, 0.15) is 47.3 Å². The van der Waals surface area contributed by atoms with Crippen LogP contribution in [0.15, 0.2) is 67.1 Å². The lowest BCUT2D eigenvalue weighted by molar-refractivity contribution is -0.122. The van der Waals surface area contributed by atoms with Crippen LogP contribution >= 0.6 is 11.6 Å². The number of carbonyl (C=O) groups is 2. The molecule has 0 spiro atoms. The molecule has 0 aliphatic carbocycles. The van der Waals surface area contributed by atoms with Gasteiger partial charge in [-0.25, -0.2) is 14.6 Å². The monoisotopic (exact) mass is 571 g/mol. The smallest absolute Gasteiger partial charge is 0.254 e. The van der Waals surface area contributed by atoms with E-state index in [1.165, 1.54) is 0 Å². The van der Waals surface area contributed by atoms with Gasteiger partial charge in [0.25, 0.3) is 5.91 Å². The molecule has 1 fully saturated rings. The Hall–Kier alpha value is -4.28. The minimum Gasteiger partial charge on any atom is -0.381 e. The van der Waals surface area contributed by atoms with Crippen molar-refractivity contribution in [1.29, 1.82) is 0 Å². The van der Waals surface area contributed by atoms with Crippen LogP contribution in [0.4, 0.5) is 5.95 Å². The van der Waals surface area contributed by atoms with Crippen molar-refractivity contribution in [3.63, 3.8) is 0 Å². The van der Waals surface area contributed by atoms with Gasteiger partial charge in [0.2, 0.25) is 11.9 Å². The molecule has 1 saturated heterocycles. The molecule has 1 atom stereocenters. The van der Waals surface area contributed by atoms with Gasteiger partial charge < -0.3 is 20.3 Å². The number of nitrogens with one attached hydrogen (secondary N) is 2. The highest BCUT2D eigenvalue weighted by Crippen LogP contribution is 2.32. The highest BCUT2D eigenvalue weighted by molar-refractivity contribution is 6.33. The molecule has 0 radical (unpaired) electrons. The van der Waals surface area contributed by atoms with Gasteiger partial charge in [-0.2, -0.15) is 5.10 Å². The standard InChI is InChI=1S/C30H30ClN7O3/c1-19(20-4-2-5-24(14-20)38-11-3-10-33-38)34-27(39)18-37-17-22-7-6-21(15-25(22)29(37)40)28-26(31)16-32-30(36-28)35-23-8-12-41-13-9-23/h2-7,10-11,14-16,19,23H,8-9,12-13,17-18H2,1H3,(H,34,39)(H,32,35,36). The molecule has 2 N–H and O–H groups in total. The largest absolute Gasteiger partial charge is 0.381 e. The molecule has 210 valence electrons. The lowest BCUT2D eigenvalue weighted by Gasteiger charge is -2.23. The number of halogens is 1. The average molecular weight is 572 g/mol. The summed E-state index contributed by atoms with van der Waals surface area (Å²) in [6.07, 6.45) is 6.93. The number of amides is 2. The Balaban J connectivity index is 1.12. The second-order valence-corrected chi connectivity index (χ2v) is 10.7. The molecule has 4 heterocycles. The highest BCUT2D eigenvalue weighted by atomic mass is 35.5. The van der Waals surface area contributed by atoms with E-state index in [4.69, 9.17) is 16.3 Å². The van der Waals surface area contributed by atoms with E-state index in [0.717, 1.165) is 35.2 Å². The zero-order chi connectivity index (χ0) is 28.3. The van der Waals surface area contributed by atoms with E-state index >= 15 is 0 Å². The Morgan fingerprint density at radius 2 is 2.02 bits per heavy atom. The van der Waals surface area contributed by atoms with Crippen molar-refractivity contribution in [2.75, 3.05) is 25.1 Å². The van der Waals surface area contributed by atoms with Crippen LogP contribution in [0.25, 0.3) is 16.9 Å². The zero-order valence-electron chi connectivity index (χ0n) is 22.6. The van der Waals surface area contributed by atoms with Gasteiger partial charge in [-0.1, -0.05) is 35.9 Å². The van der Waals surface area contributed by atoms with Gasteiger partial charge in [0.05, 0.1) is 28.6 Å². The molecule has 2 amide bonds. The van der Waals surface area contributed by atoms with E-state index in [-0.39, 0.29) is 30.4 Å². The van der Waals surface area contributed by atoms with Crippen LogP contribution in [0.2, 0.25) is 5.02 Å². The molecule has 0 saturated carbocycles. The topological polar surface area (TPSA) is 114 Å². The number of hydrogen-bond acceptors (Lipinski definition) is 7. The zero-order valence-corrected chi connectivity index (χ0v) is 23.3. The molecule has 11 heteroatoms. The van der Waals surface area contributed by atoms with Crippen LogP contribution in [0.5, 0.6) is 0 Å². The van der Waals surface area contributed by atoms with E-state index in [9.17, 15) is 9.59 Å². The molecule has 41 heavy (non-hydrogen) atoms. The lowest BCUT2D eigenvalue weighted by Crippen LogP contribution is -2.38. The number of hydrogen-bond donors (Lipinski definition) is 2. The van der Waals surface area contributed by atoms with Crippen molar-refractivity contribution >= 4 is 29.4 Å². The van der Waals surface area contributed by atoms with Crippen molar-refractivity contribution < 1.29 is 14.3 Å². The molecule has 2 aromatic carbocycles. The third-order valence-electron chi connectivity index (χ3n) is 7.41. The van der Waals surface area contributed by atoms with E-state index < -0.39 is 0 Å². The normalized spacial score (nSPS) is 16.0. The lowest BCUT2D eigenvalue weighted by atomic mass is 10.0. The van der Waals surface area contributed by atoms with E-state index in [2.05, 4.69) is 25.7 Å². The number of anilines is 1. The maximum atomic E-state index is 13.3. The summed E-state index contributed by atoms with van der Waals surface area (Å²) in [4.78, 5) is 36.8. The van der Waals surface area contributed by atoms with Gasteiger partial charge >= 0.3 is 0 Å². The summed E-state index contributed by atoms with van der Waals surface area (Å²) in [6, 6.07) is 15.3. The van der Waals surface area contributed by atoms with Gasteiger partial charge in [-0.05, 0) is 55.2 Å². The quantitative estimate of drug-likeness (QED) is 0.322. The van der Waals surface area contributed by atoms with Crippen molar-refractivity contribution in [2.24, 2.45) is 0 Å². The fourth-order valence-electron chi connectivity index (χ4n) is 5.20. The molecule has 2 aromatic heterocycles. The highest BCUT2D eigenvalue weighted by Gasteiger charge is 2.30. The summed E-state index contributed by atoms with van der Waals surface area (Å²) in [7, 11) is 0. The first-order chi connectivity index (χ1) is 19.9. The summed E-state index contributed by atoms with van der Waals surface area (Å²) < 4.78 is 7.19. The summed E-state index contributed by atoms with van der Waals surface area (Å²) in [6.45, 7) is 3.65. The molecule has 2 aliphatic rings. The number of ether oxygens (including phenoxy) is 1. The third-order valence-corrected chi connectivity index (χ3v) is 7.69. The fourth-order valence-corrected chi connectivity index (χ4v) is 5.40. The van der Waals surface area contributed by atoms with Crippen molar-refractivity contribution in [1.82, 2.24) is 30.0 Å². The predicted octanol–water partition coefficient (Wildman–Crippen LogP) is 4.41. The Morgan fingerprint density at radius 3 is 2.83 bits per heavy atom. The second-order valence-electron chi connectivity index (χ2n) is 10.3.